The smallest absolute Gasteiger partial charge is 0.338 e. The van der Waals surface area contributed by atoms with E-state index in [2.05, 4.69) is 0 Å². The van der Waals surface area contributed by atoms with E-state index in [4.69, 9.17) is 9.84 Å². The van der Waals surface area contributed by atoms with E-state index in [9.17, 15) is 9.59 Å². The molecule has 0 aliphatic heterocycles. The minimum Gasteiger partial charge on any atom is -0.481 e. The van der Waals surface area contributed by atoms with Crippen LogP contribution in [-0.4, -0.2) is 22.6 Å². The van der Waals surface area contributed by atoms with E-state index >= 15 is 0 Å². The Morgan fingerprint density at radius 2 is 1.71 bits per heavy atom. The lowest BCUT2D eigenvalue weighted by Crippen LogP contribution is -2.24. The minimum absolute atomic E-state index is 0.236. The number of esters is 1. The molecule has 0 heterocycles. The first-order valence-corrected chi connectivity index (χ1v) is 7.24. The second-order valence-corrected chi connectivity index (χ2v) is 5.66. The lowest BCUT2D eigenvalue weighted by molar-refractivity contribution is -0.137. The van der Waals surface area contributed by atoms with E-state index in [0.717, 1.165) is 18.4 Å². The molecule has 118 valence electrons. The molecular formula is C17H26O4. The number of carboxylic acid groups (broad SMARTS) is 1. The summed E-state index contributed by atoms with van der Waals surface area (Å²) in [5, 5.41) is 7.91. The largest absolute Gasteiger partial charge is 0.481 e. The zero-order valence-corrected chi connectivity index (χ0v) is 13.6. The Balaban J connectivity index is 0.000000567. The quantitative estimate of drug-likeness (QED) is 0.850. The van der Waals surface area contributed by atoms with Crippen LogP contribution in [0.2, 0.25) is 0 Å². The SMILES string of the molecule is CCCC(=O)O.CCc1ccccc1C(=O)OC(C)(C)C. The lowest BCUT2D eigenvalue weighted by atomic mass is 10.1. The molecule has 0 saturated carbocycles. The highest BCUT2D eigenvalue weighted by molar-refractivity contribution is 5.91. The van der Waals surface area contributed by atoms with Gasteiger partial charge in [-0.1, -0.05) is 32.0 Å². The fourth-order valence-corrected chi connectivity index (χ4v) is 1.57. The summed E-state index contributed by atoms with van der Waals surface area (Å²) in [7, 11) is 0. The van der Waals surface area contributed by atoms with Gasteiger partial charge in [0.15, 0.2) is 0 Å². The van der Waals surface area contributed by atoms with Crippen molar-refractivity contribution >= 4 is 11.9 Å². The molecule has 4 heteroatoms. The van der Waals surface area contributed by atoms with Gasteiger partial charge in [-0.05, 0) is 45.2 Å². The molecule has 1 aromatic rings. The Bertz CT molecular complexity index is 458. The average molecular weight is 294 g/mol. The van der Waals surface area contributed by atoms with Gasteiger partial charge >= 0.3 is 11.9 Å². The number of carbonyl (C=O) groups is 2. The van der Waals surface area contributed by atoms with Gasteiger partial charge < -0.3 is 9.84 Å². The third kappa shape index (κ3) is 8.84. The van der Waals surface area contributed by atoms with E-state index < -0.39 is 11.6 Å². The Labute approximate surface area is 127 Å². The van der Waals surface area contributed by atoms with E-state index in [1.54, 1.807) is 0 Å². The summed E-state index contributed by atoms with van der Waals surface area (Å²) in [6, 6.07) is 7.57. The van der Waals surface area contributed by atoms with Crippen LogP contribution in [0.4, 0.5) is 0 Å². The Kier molecular flexibility index (Phi) is 8.36. The number of benzene rings is 1. The topological polar surface area (TPSA) is 63.6 Å². The molecule has 1 N–H and O–H groups in total. The van der Waals surface area contributed by atoms with E-state index in [0.29, 0.717) is 12.0 Å². The average Bonchev–Trinajstić information content (AvgIpc) is 2.37. The molecule has 0 radical (unpaired) electrons. The summed E-state index contributed by atoms with van der Waals surface area (Å²) < 4.78 is 5.33. The maximum absolute atomic E-state index is 11.8. The zero-order chi connectivity index (χ0) is 16.5. The number of carboxylic acids is 1. The standard InChI is InChI=1S/C13H18O2.C4H8O2/c1-5-10-8-6-7-9-11(10)12(14)15-13(2,3)4;1-2-3-4(5)6/h6-9H,5H2,1-4H3;2-3H2,1H3,(H,5,6). The highest BCUT2D eigenvalue weighted by atomic mass is 16.6. The summed E-state index contributed by atoms with van der Waals surface area (Å²) in [5.74, 6) is -0.947. The number of aryl methyl sites for hydroxylation is 1. The van der Waals surface area contributed by atoms with Gasteiger partial charge in [-0.25, -0.2) is 4.79 Å². The molecule has 1 rings (SSSR count). The molecule has 0 aliphatic rings. The van der Waals surface area contributed by atoms with Crippen LogP contribution in [0.1, 0.15) is 63.4 Å². The molecule has 1 aromatic carbocycles. The normalized spacial score (nSPS) is 10.3. The Hall–Kier alpha value is -1.84. The van der Waals surface area contributed by atoms with Gasteiger partial charge in [-0.15, -0.1) is 0 Å². The molecule has 0 bridgehead atoms. The second kappa shape index (κ2) is 9.16. The predicted octanol–water partition coefficient (Wildman–Crippen LogP) is 4.08. The van der Waals surface area contributed by atoms with Crippen LogP contribution in [0.25, 0.3) is 0 Å². The van der Waals surface area contributed by atoms with Crippen molar-refractivity contribution in [2.75, 3.05) is 0 Å². The zero-order valence-electron chi connectivity index (χ0n) is 13.6. The number of ether oxygens (including phenoxy) is 1. The molecule has 0 amide bonds. The van der Waals surface area contributed by atoms with Crippen molar-refractivity contribution in [3.8, 4) is 0 Å². The van der Waals surface area contributed by atoms with Crippen LogP contribution in [0.5, 0.6) is 0 Å². The van der Waals surface area contributed by atoms with Crippen LogP contribution in [0, 0.1) is 0 Å². The Morgan fingerprint density at radius 1 is 1.14 bits per heavy atom. The molecule has 0 fully saturated rings. The van der Waals surface area contributed by atoms with Gasteiger partial charge in [0, 0.05) is 6.42 Å². The molecule has 21 heavy (non-hydrogen) atoms. The molecule has 0 unspecified atom stereocenters. The maximum Gasteiger partial charge on any atom is 0.338 e. The van der Waals surface area contributed by atoms with Crippen molar-refractivity contribution in [2.45, 2.75) is 59.5 Å². The van der Waals surface area contributed by atoms with E-state index in [-0.39, 0.29) is 5.97 Å². The first kappa shape index (κ1) is 19.2. The lowest BCUT2D eigenvalue weighted by Gasteiger charge is -2.20. The van der Waals surface area contributed by atoms with Crippen LogP contribution in [0.15, 0.2) is 24.3 Å². The van der Waals surface area contributed by atoms with Crippen molar-refractivity contribution < 1.29 is 19.4 Å². The van der Waals surface area contributed by atoms with E-state index in [1.807, 2.05) is 58.9 Å². The first-order chi connectivity index (χ1) is 9.71. The molecule has 0 saturated heterocycles. The van der Waals surface area contributed by atoms with Gasteiger partial charge in [0.2, 0.25) is 0 Å². The molecule has 0 aromatic heterocycles. The van der Waals surface area contributed by atoms with Gasteiger partial charge in [-0.3, -0.25) is 4.79 Å². The Morgan fingerprint density at radius 3 is 2.10 bits per heavy atom. The molecule has 0 spiro atoms. The summed E-state index contributed by atoms with van der Waals surface area (Å²) >= 11 is 0. The van der Waals surface area contributed by atoms with Crippen LogP contribution in [-0.2, 0) is 16.0 Å². The highest BCUT2D eigenvalue weighted by Gasteiger charge is 2.19. The van der Waals surface area contributed by atoms with Crippen LogP contribution >= 0.6 is 0 Å². The van der Waals surface area contributed by atoms with Gasteiger partial charge in [-0.2, -0.15) is 0 Å². The van der Waals surface area contributed by atoms with Crippen molar-refractivity contribution in [1.29, 1.82) is 0 Å². The summed E-state index contributed by atoms with van der Waals surface area (Å²) in [6.45, 7) is 9.50. The van der Waals surface area contributed by atoms with Crippen LogP contribution in [0.3, 0.4) is 0 Å². The van der Waals surface area contributed by atoms with Crippen molar-refractivity contribution in [3.63, 3.8) is 0 Å². The third-order valence-electron chi connectivity index (χ3n) is 2.48. The molecule has 0 aliphatic carbocycles. The second-order valence-electron chi connectivity index (χ2n) is 5.66. The monoisotopic (exact) mass is 294 g/mol. The number of rotatable bonds is 4. The van der Waals surface area contributed by atoms with Crippen molar-refractivity contribution in [2.24, 2.45) is 0 Å². The fourth-order valence-electron chi connectivity index (χ4n) is 1.57. The third-order valence-corrected chi connectivity index (χ3v) is 2.48. The maximum atomic E-state index is 11.8. The number of carbonyl (C=O) groups excluding carboxylic acids is 1. The number of hydrogen-bond acceptors (Lipinski definition) is 3. The molecule has 0 atom stereocenters. The summed E-state index contributed by atoms with van der Waals surface area (Å²) in [6.07, 6.45) is 1.87. The highest BCUT2D eigenvalue weighted by Crippen LogP contribution is 2.15. The number of hydrogen-bond donors (Lipinski definition) is 1. The van der Waals surface area contributed by atoms with Crippen LogP contribution < -0.4 is 0 Å². The first-order valence-electron chi connectivity index (χ1n) is 7.24. The fraction of sp³-hybridized carbons (Fsp3) is 0.529. The van der Waals surface area contributed by atoms with Crippen molar-refractivity contribution in [1.82, 2.24) is 0 Å². The van der Waals surface area contributed by atoms with Gasteiger partial charge in [0.05, 0.1) is 5.56 Å². The summed E-state index contributed by atoms with van der Waals surface area (Å²) in [5.41, 5.74) is 1.28. The summed E-state index contributed by atoms with van der Waals surface area (Å²) in [4.78, 5) is 21.4. The molecule has 4 nitrogen and oxygen atoms in total. The predicted molar refractivity (Wildman–Crippen MR) is 83.5 cm³/mol. The molecular weight excluding hydrogens is 268 g/mol. The number of aliphatic carboxylic acids is 1. The van der Waals surface area contributed by atoms with E-state index in [1.165, 1.54) is 0 Å². The minimum atomic E-state index is -0.711. The van der Waals surface area contributed by atoms with Gasteiger partial charge in [0.25, 0.3) is 0 Å². The van der Waals surface area contributed by atoms with Crippen molar-refractivity contribution in [3.05, 3.63) is 35.4 Å². The van der Waals surface area contributed by atoms with Gasteiger partial charge in [0.1, 0.15) is 5.60 Å².